The smallest absolute Gasteiger partial charge is 0.403 e. The lowest BCUT2D eigenvalue weighted by Gasteiger charge is -2.32. The molecular weight excluding hydrogens is 341 g/mol. The van der Waals surface area contributed by atoms with Gasteiger partial charge in [0.1, 0.15) is 0 Å². The fourth-order valence-electron chi connectivity index (χ4n) is 3.64. The van der Waals surface area contributed by atoms with Crippen LogP contribution in [-0.2, 0) is 9.31 Å². The molecule has 6 heteroatoms. The quantitative estimate of drug-likeness (QED) is 0.388. The molecule has 0 bridgehead atoms. The molecule has 0 spiro atoms. The maximum Gasteiger partial charge on any atom is 0.457 e. The van der Waals surface area contributed by atoms with Gasteiger partial charge in [-0.25, -0.2) is 0 Å². The molecule has 2 aliphatic rings. The third-order valence-electron chi connectivity index (χ3n) is 6.00. The summed E-state index contributed by atoms with van der Waals surface area (Å²) in [6.45, 7) is 8.81. The first-order valence-electron chi connectivity index (χ1n) is 10.0. The molecule has 2 amide bonds. The Morgan fingerprint density at radius 2 is 1.30 bits per heavy atom. The van der Waals surface area contributed by atoms with Crippen LogP contribution in [0, 0.1) is 0 Å². The molecule has 0 aromatic heterocycles. The molecule has 1 fully saturated rings. The molecule has 0 atom stereocenters. The fraction of sp³-hybridized carbons (Fsp3) is 0.619. The molecule has 1 saturated heterocycles. The second-order valence-corrected chi connectivity index (χ2v) is 8.55. The van der Waals surface area contributed by atoms with Gasteiger partial charge in [-0.1, -0.05) is 37.8 Å². The Morgan fingerprint density at radius 3 is 1.85 bits per heavy atom. The molecule has 146 valence electrons. The van der Waals surface area contributed by atoms with E-state index in [4.69, 9.17) is 9.31 Å². The summed E-state index contributed by atoms with van der Waals surface area (Å²) in [6, 6.07) is 7.05. The molecule has 0 N–H and O–H groups in total. The summed E-state index contributed by atoms with van der Waals surface area (Å²) < 4.78 is 12.0. The number of unbranched alkanes of at least 4 members (excludes halogenated alkanes) is 4. The second kappa shape index (κ2) is 7.76. The van der Waals surface area contributed by atoms with Crippen LogP contribution in [0.5, 0.6) is 0 Å². The molecule has 0 aliphatic carbocycles. The lowest BCUT2D eigenvalue weighted by atomic mass is 9.82. The highest BCUT2D eigenvalue weighted by atomic mass is 16.7. The molecule has 2 heterocycles. The Morgan fingerprint density at radius 1 is 0.815 bits per heavy atom. The summed E-state index contributed by atoms with van der Waals surface area (Å²) in [5, 5.41) is 0. The third-order valence-corrected chi connectivity index (χ3v) is 6.00. The van der Waals surface area contributed by atoms with Crippen molar-refractivity contribution in [3.63, 3.8) is 0 Å². The zero-order valence-corrected chi connectivity index (χ0v) is 16.9. The minimum absolute atomic E-state index is 0.117. The van der Waals surface area contributed by atoms with E-state index in [-0.39, 0.29) is 30.1 Å². The maximum absolute atomic E-state index is 12.3. The molecule has 0 radical (unpaired) electrons. The Hall–Kier alpha value is -1.66. The van der Waals surface area contributed by atoms with Crippen molar-refractivity contribution in [1.82, 2.24) is 4.90 Å². The highest BCUT2D eigenvalue weighted by Gasteiger charge is 2.50. The Kier molecular flexibility index (Phi) is 5.77. The van der Waals surface area contributed by atoms with Crippen molar-refractivity contribution in [2.75, 3.05) is 6.54 Å². The van der Waals surface area contributed by atoms with Crippen LogP contribution in [0.25, 0.3) is 0 Å². The van der Waals surface area contributed by atoms with Gasteiger partial charge in [-0.15, -0.1) is 0 Å². The van der Waals surface area contributed by atoms with E-state index in [0.717, 1.165) is 38.4 Å². The molecule has 27 heavy (non-hydrogen) atoms. The van der Waals surface area contributed by atoms with Crippen LogP contribution in [-0.4, -0.2) is 41.6 Å². The highest BCUT2D eigenvalue weighted by Crippen LogP contribution is 2.38. The number of amides is 2. The lowest BCUT2D eigenvalue weighted by Crippen LogP contribution is -2.41. The van der Waals surface area contributed by atoms with E-state index in [1.807, 2.05) is 0 Å². The molecule has 3 rings (SSSR count). The van der Waals surface area contributed by atoms with Crippen molar-refractivity contribution in [1.29, 1.82) is 0 Å². The van der Waals surface area contributed by atoms with Crippen molar-refractivity contribution >= 4 is 18.9 Å². The van der Waals surface area contributed by atoms with Crippen LogP contribution in [0.3, 0.4) is 0 Å². The minimum Gasteiger partial charge on any atom is -0.403 e. The van der Waals surface area contributed by atoms with Crippen molar-refractivity contribution < 1.29 is 18.9 Å². The van der Waals surface area contributed by atoms with Crippen molar-refractivity contribution in [3.8, 4) is 0 Å². The van der Waals surface area contributed by atoms with Crippen molar-refractivity contribution in [2.24, 2.45) is 0 Å². The Labute approximate surface area is 162 Å². The second-order valence-electron chi connectivity index (χ2n) is 8.55. The first kappa shape index (κ1) is 20.1. The number of hydrogen-bond acceptors (Lipinski definition) is 4. The summed E-state index contributed by atoms with van der Waals surface area (Å²) in [6.07, 6.45) is 6.02. The van der Waals surface area contributed by atoms with E-state index in [9.17, 15) is 9.59 Å². The third kappa shape index (κ3) is 4.12. The molecule has 2 aliphatic heterocycles. The normalized spacial score (nSPS) is 20.4. The number of nitrogens with zero attached hydrogens (tertiary/aromatic N) is 1. The summed E-state index contributed by atoms with van der Waals surface area (Å²) in [5.74, 6) is -0.312. The van der Waals surface area contributed by atoms with E-state index in [2.05, 4.69) is 27.7 Å². The summed E-state index contributed by atoms with van der Waals surface area (Å²) >= 11 is 0. The number of benzene rings is 1. The van der Waals surface area contributed by atoms with Gasteiger partial charge in [-0.05, 0) is 52.6 Å². The molecule has 5 nitrogen and oxygen atoms in total. The van der Waals surface area contributed by atoms with E-state index in [1.165, 1.54) is 4.90 Å². The van der Waals surface area contributed by atoms with Gasteiger partial charge in [0, 0.05) is 6.54 Å². The van der Waals surface area contributed by atoms with E-state index >= 15 is 0 Å². The zero-order valence-electron chi connectivity index (χ0n) is 16.9. The van der Waals surface area contributed by atoms with Crippen LogP contribution in [0.1, 0.15) is 80.5 Å². The number of rotatable bonds is 8. The number of imide groups is 1. The van der Waals surface area contributed by atoms with E-state index in [0.29, 0.717) is 17.7 Å². The first-order chi connectivity index (χ1) is 12.7. The largest absolute Gasteiger partial charge is 0.457 e. The number of hydrogen-bond donors (Lipinski definition) is 0. The van der Waals surface area contributed by atoms with Gasteiger partial charge in [0.2, 0.25) is 0 Å². The van der Waals surface area contributed by atoms with Gasteiger partial charge in [-0.2, -0.15) is 0 Å². The van der Waals surface area contributed by atoms with Crippen molar-refractivity contribution in [3.05, 3.63) is 35.4 Å². The number of fused-ring (bicyclic) bond motifs is 1. The van der Waals surface area contributed by atoms with E-state index < -0.39 is 0 Å². The minimum atomic E-state index is -0.260. The van der Waals surface area contributed by atoms with Gasteiger partial charge in [0.05, 0.1) is 22.3 Å². The van der Waals surface area contributed by atoms with Gasteiger partial charge in [-0.3, -0.25) is 14.5 Å². The first-order valence-corrected chi connectivity index (χ1v) is 10.0. The summed E-state index contributed by atoms with van der Waals surface area (Å²) in [4.78, 5) is 26.0. The van der Waals surface area contributed by atoms with Crippen LogP contribution in [0.2, 0.25) is 6.32 Å². The van der Waals surface area contributed by atoms with Crippen LogP contribution < -0.4 is 0 Å². The van der Waals surface area contributed by atoms with Crippen LogP contribution in [0.15, 0.2) is 24.3 Å². The Bertz CT molecular complexity index is 665. The predicted octanol–water partition coefficient (Wildman–Crippen LogP) is 4.33. The molecule has 1 aromatic carbocycles. The maximum atomic E-state index is 12.3. The standard InChI is InChI=1S/C21H30BNO4/c1-20(2)21(3,4)27-22(26-20)14-10-6-5-7-11-15-23-18(24)16-12-8-9-13-17(16)19(23)25/h8-9,12-13H,5-7,10-11,14-15H2,1-4H3. The molecular formula is C21H30BNO4. The Balaban J connectivity index is 1.31. The molecule has 0 unspecified atom stereocenters. The number of carbonyl (C=O) groups excluding carboxylic acids is 2. The topological polar surface area (TPSA) is 55.8 Å². The lowest BCUT2D eigenvalue weighted by molar-refractivity contribution is 0.00578. The monoisotopic (exact) mass is 371 g/mol. The van der Waals surface area contributed by atoms with E-state index in [1.54, 1.807) is 24.3 Å². The number of carbonyl (C=O) groups is 2. The summed E-state index contributed by atoms with van der Waals surface area (Å²) in [7, 11) is -0.117. The average molecular weight is 371 g/mol. The predicted molar refractivity (Wildman–Crippen MR) is 106 cm³/mol. The fourth-order valence-corrected chi connectivity index (χ4v) is 3.64. The average Bonchev–Trinajstić information content (AvgIpc) is 2.97. The van der Waals surface area contributed by atoms with Crippen molar-refractivity contribution in [2.45, 2.75) is 77.3 Å². The van der Waals surface area contributed by atoms with Gasteiger partial charge in [0.25, 0.3) is 11.8 Å². The summed E-state index contributed by atoms with van der Waals surface area (Å²) in [5.41, 5.74) is 0.545. The van der Waals surface area contributed by atoms with Crippen LogP contribution in [0.4, 0.5) is 0 Å². The highest BCUT2D eigenvalue weighted by molar-refractivity contribution is 6.45. The zero-order chi connectivity index (χ0) is 19.7. The van der Waals surface area contributed by atoms with Gasteiger partial charge >= 0.3 is 7.12 Å². The molecule has 1 aromatic rings. The van der Waals surface area contributed by atoms with Crippen LogP contribution >= 0.6 is 0 Å². The van der Waals surface area contributed by atoms with Gasteiger partial charge in [0.15, 0.2) is 0 Å². The van der Waals surface area contributed by atoms with Gasteiger partial charge < -0.3 is 9.31 Å². The molecule has 0 saturated carbocycles. The SMILES string of the molecule is CC1(C)OB(CCCCCCCN2C(=O)c3ccccc3C2=O)OC1(C)C.